The highest BCUT2D eigenvalue weighted by molar-refractivity contribution is 5.65. The Morgan fingerprint density at radius 1 is 0.704 bits per heavy atom. The minimum absolute atomic E-state index is 0.645. The topological polar surface area (TPSA) is 33.0 Å². The molecule has 0 atom stereocenters. The van der Waals surface area contributed by atoms with Crippen molar-refractivity contribution < 1.29 is 4.74 Å². The highest BCUT2D eigenvalue weighted by atomic mass is 16.5. The Labute approximate surface area is 161 Å². The molecule has 0 radical (unpaired) electrons. The first kappa shape index (κ1) is 18.3. The smallest absolute Gasteiger partial charge is 0.119 e. The van der Waals surface area contributed by atoms with Crippen molar-refractivity contribution in [2.24, 2.45) is 0 Å². The molecular weight excluding hydrogens is 330 g/mol. The van der Waals surface area contributed by atoms with Gasteiger partial charge in [0.15, 0.2) is 0 Å². The highest BCUT2D eigenvalue weighted by Gasteiger charge is 1.99. The van der Waals surface area contributed by atoms with Crippen LogP contribution in [0.2, 0.25) is 0 Å². The van der Waals surface area contributed by atoms with Crippen molar-refractivity contribution in [1.29, 1.82) is 5.26 Å². The van der Waals surface area contributed by atoms with Crippen LogP contribution >= 0.6 is 0 Å². The standard InChI is InChI=1S/C25H21NO/c1-2-3-18-27-25-16-14-24(15-17-25)23-12-10-21(11-13-23)5-4-20-6-8-22(19-26)9-7-20/h6-17H,2-3,18H2,1H3. The van der Waals surface area contributed by atoms with Crippen LogP contribution in [-0.2, 0) is 0 Å². The molecule has 0 aliphatic carbocycles. The molecule has 0 spiro atoms. The van der Waals surface area contributed by atoms with Gasteiger partial charge in [-0.2, -0.15) is 5.26 Å². The SMILES string of the molecule is CCCCOc1ccc(-c2ccc(C#Cc3ccc(C#N)cc3)cc2)cc1. The Morgan fingerprint density at radius 2 is 1.19 bits per heavy atom. The number of hydrogen-bond acceptors (Lipinski definition) is 2. The normalized spacial score (nSPS) is 9.78. The van der Waals surface area contributed by atoms with E-state index >= 15 is 0 Å². The van der Waals surface area contributed by atoms with Gasteiger partial charge in [0.2, 0.25) is 0 Å². The van der Waals surface area contributed by atoms with Gasteiger partial charge in [0.1, 0.15) is 5.75 Å². The third kappa shape index (κ3) is 5.24. The van der Waals surface area contributed by atoms with Crippen molar-refractivity contribution in [3.8, 4) is 34.8 Å². The number of ether oxygens (including phenoxy) is 1. The van der Waals surface area contributed by atoms with Gasteiger partial charge in [-0.3, -0.25) is 0 Å². The molecule has 2 heteroatoms. The number of benzene rings is 3. The molecule has 3 rings (SSSR count). The fourth-order valence-electron chi connectivity index (χ4n) is 2.60. The minimum Gasteiger partial charge on any atom is -0.494 e. The van der Waals surface area contributed by atoms with Gasteiger partial charge in [-0.15, -0.1) is 0 Å². The largest absolute Gasteiger partial charge is 0.494 e. The number of nitriles is 1. The maximum Gasteiger partial charge on any atom is 0.119 e. The molecular formula is C25H21NO. The van der Waals surface area contributed by atoms with Crippen LogP contribution in [0.15, 0.2) is 72.8 Å². The summed E-state index contributed by atoms with van der Waals surface area (Å²) in [6, 6.07) is 25.8. The second-order valence-electron chi connectivity index (χ2n) is 6.24. The van der Waals surface area contributed by atoms with E-state index < -0.39 is 0 Å². The first-order valence-electron chi connectivity index (χ1n) is 9.14. The Hall–Kier alpha value is -3.49. The van der Waals surface area contributed by atoms with E-state index in [0.717, 1.165) is 47.5 Å². The molecule has 0 aliphatic rings. The number of nitrogens with zero attached hydrogens (tertiary/aromatic N) is 1. The maximum absolute atomic E-state index is 8.83. The Kier molecular flexibility index (Phi) is 6.29. The van der Waals surface area contributed by atoms with Gasteiger partial charge >= 0.3 is 0 Å². The van der Waals surface area contributed by atoms with Crippen molar-refractivity contribution in [1.82, 2.24) is 0 Å². The zero-order chi connectivity index (χ0) is 18.9. The molecule has 0 aromatic heterocycles. The summed E-state index contributed by atoms with van der Waals surface area (Å²) in [5.41, 5.74) is 4.81. The maximum atomic E-state index is 8.83. The van der Waals surface area contributed by atoms with E-state index in [1.54, 1.807) is 12.1 Å². The second-order valence-corrected chi connectivity index (χ2v) is 6.24. The molecule has 0 unspecified atom stereocenters. The molecule has 0 aliphatic heterocycles. The van der Waals surface area contributed by atoms with Gasteiger partial charge in [0.25, 0.3) is 0 Å². The molecule has 3 aromatic carbocycles. The molecule has 0 heterocycles. The zero-order valence-electron chi connectivity index (χ0n) is 15.4. The minimum atomic E-state index is 0.645. The van der Waals surface area contributed by atoms with Gasteiger partial charge in [-0.25, -0.2) is 0 Å². The van der Waals surface area contributed by atoms with E-state index in [1.807, 2.05) is 36.4 Å². The van der Waals surface area contributed by atoms with Gasteiger partial charge in [-0.1, -0.05) is 49.5 Å². The van der Waals surface area contributed by atoms with Crippen LogP contribution in [0, 0.1) is 23.2 Å². The van der Waals surface area contributed by atoms with Gasteiger partial charge < -0.3 is 4.74 Å². The van der Waals surface area contributed by atoms with Crippen LogP contribution in [0.1, 0.15) is 36.5 Å². The van der Waals surface area contributed by atoms with Gasteiger partial charge in [0, 0.05) is 11.1 Å². The first-order chi connectivity index (χ1) is 13.3. The van der Waals surface area contributed by atoms with E-state index in [9.17, 15) is 0 Å². The molecule has 0 fully saturated rings. The molecule has 3 aromatic rings. The van der Waals surface area contributed by atoms with Gasteiger partial charge in [0.05, 0.1) is 18.2 Å². The number of rotatable bonds is 5. The van der Waals surface area contributed by atoms with Crippen molar-refractivity contribution in [2.45, 2.75) is 19.8 Å². The number of hydrogen-bond donors (Lipinski definition) is 0. The van der Waals surface area contributed by atoms with E-state index in [-0.39, 0.29) is 0 Å². The average Bonchev–Trinajstić information content (AvgIpc) is 2.74. The predicted molar refractivity (Wildman–Crippen MR) is 109 cm³/mol. The van der Waals surface area contributed by atoms with Crippen molar-refractivity contribution in [3.05, 3.63) is 89.5 Å². The Bertz CT molecular complexity index is 966. The molecule has 2 nitrogen and oxygen atoms in total. The summed E-state index contributed by atoms with van der Waals surface area (Å²) in [4.78, 5) is 0. The highest BCUT2D eigenvalue weighted by Crippen LogP contribution is 2.23. The van der Waals surface area contributed by atoms with E-state index in [4.69, 9.17) is 10.00 Å². The summed E-state index contributed by atoms with van der Waals surface area (Å²) in [5, 5.41) is 8.83. The summed E-state index contributed by atoms with van der Waals surface area (Å²) in [5.74, 6) is 7.20. The number of unbranched alkanes of at least 4 members (excludes halogenated alkanes) is 1. The van der Waals surface area contributed by atoms with Crippen molar-refractivity contribution in [3.63, 3.8) is 0 Å². The van der Waals surface area contributed by atoms with E-state index in [0.29, 0.717) is 5.56 Å². The molecule has 0 amide bonds. The van der Waals surface area contributed by atoms with Crippen LogP contribution in [0.25, 0.3) is 11.1 Å². The molecule has 0 saturated heterocycles. The van der Waals surface area contributed by atoms with Crippen LogP contribution in [-0.4, -0.2) is 6.61 Å². The Morgan fingerprint density at radius 3 is 1.70 bits per heavy atom. The lowest BCUT2D eigenvalue weighted by Crippen LogP contribution is -1.95. The van der Waals surface area contributed by atoms with Crippen molar-refractivity contribution >= 4 is 0 Å². The zero-order valence-corrected chi connectivity index (χ0v) is 15.4. The molecule has 0 saturated carbocycles. The fourth-order valence-corrected chi connectivity index (χ4v) is 2.60. The average molecular weight is 351 g/mol. The van der Waals surface area contributed by atoms with Crippen LogP contribution in [0.5, 0.6) is 5.75 Å². The third-order valence-corrected chi connectivity index (χ3v) is 4.20. The third-order valence-electron chi connectivity index (χ3n) is 4.20. The second kappa shape index (κ2) is 9.27. The fraction of sp³-hybridized carbons (Fsp3) is 0.160. The monoisotopic (exact) mass is 351 g/mol. The quantitative estimate of drug-likeness (QED) is 0.430. The first-order valence-corrected chi connectivity index (χ1v) is 9.14. The van der Waals surface area contributed by atoms with Crippen LogP contribution in [0.4, 0.5) is 0 Å². The summed E-state index contributed by atoms with van der Waals surface area (Å²) < 4.78 is 5.71. The lowest BCUT2D eigenvalue weighted by atomic mass is 10.0. The van der Waals surface area contributed by atoms with E-state index in [2.05, 4.69) is 49.1 Å². The summed E-state index contributed by atoms with van der Waals surface area (Å²) in [7, 11) is 0. The summed E-state index contributed by atoms with van der Waals surface area (Å²) in [6.07, 6.45) is 2.21. The van der Waals surface area contributed by atoms with Crippen molar-refractivity contribution in [2.75, 3.05) is 6.61 Å². The lowest BCUT2D eigenvalue weighted by molar-refractivity contribution is 0.309. The van der Waals surface area contributed by atoms with E-state index in [1.165, 1.54) is 0 Å². The van der Waals surface area contributed by atoms with Gasteiger partial charge in [-0.05, 0) is 66.1 Å². The van der Waals surface area contributed by atoms with Crippen LogP contribution < -0.4 is 4.74 Å². The summed E-state index contributed by atoms with van der Waals surface area (Å²) in [6.45, 7) is 2.92. The molecule has 132 valence electrons. The molecule has 27 heavy (non-hydrogen) atoms. The lowest BCUT2D eigenvalue weighted by Gasteiger charge is -2.07. The van der Waals surface area contributed by atoms with Crippen LogP contribution in [0.3, 0.4) is 0 Å². The predicted octanol–water partition coefficient (Wildman–Crippen LogP) is 5.80. The summed E-state index contributed by atoms with van der Waals surface area (Å²) >= 11 is 0. The molecule has 0 bridgehead atoms. The molecule has 0 N–H and O–H groups in total. The Balaban J connectivity index is 1.66.